The Bertz CT molecular complexity index is 530. The van der Waals surface area contributed by atoms with Gasteiger partial charge in [0, 0.05) is 6.07 Å². The first-order valence-electron chi connectivity index (χ1n) is 6.49. The SMILES string of the molecule is CC[C@@H](C)Oc1ccc(NC(=O)C(C)(C)Br)c(C#N)c1. The maximum Gasteiger partial charge on any atom is 0.240 e. The Balaban J connectivity index is 2.95. The molecular formula is C15H19BrN2O2. The van der Waals surface area contributed by atoms with E-state index in [0.717, 1.165) is 6.42 Å². The molecule has 4 nitrogen and oxygen atoms in total. The zero-order chi connectivity index (χ0) is 15.3. The number of hydrogen-bond acceptors (Lipinski definition) is 3. The van der Waals surface area contributed by atoms with Crippen molar-refractivity contribution in [2.75, 3.05) is 5.32 Å². The lowest BCUT2D eigenvalue weighted by atomic mass is 10.1. The summed E-state index contributed by atoms with van der Waals surface area (Å²) in [6, 6.07) is 7.16. The van der Waals surface area contributed by atoms with Gasteiger partial charge < -0.3 is 10.1 Å². The summed E-state index contributed by atoms with van der Waals surface area (Å²) in [5, 5.41) is 11.9. The topological polar surface area (TPSA) is 62.1 Å². The normalized spacial score (nSPS) is 12.4. The number of rotatable bonds is 5. The maximum absolute atomic E-state index is 11.9. The van der Waals surface area contributed by atoms with Gasteiger partial charge in [0.2, 0.25) is 5.91 Å². The summed E-state index contributed by atoms with van der Waals surface area (Å²) < 4.78 is 4.97. The van der Waals surface area contributed by atoms with E-state index in [9.17, 15) is 10.1 Å². The number of ether oxygens (including phenoxy) is 1. The maximum atomic E-state index is 11.9. The van der Waals surface area contributed by atoms with Crippen LogP contribution in [0.4, 0.5) is 5.69 Å². The van der Waals surface area contributed by atoms with Gasteiger partial charge in [-0.2, -0.15) is 5.26 Å². The molecule has 0 fully saturated rings. The molecule has 1 aromatic carbocycles. The van der Waals surface area contributed by atoms with Gasteiger partial charge >= 0.3 is 0 Å². The van der Waals surface area contributed by atoms with Gasteiger partial charge in [-0.05, 0) is 39.3 Å². The molecule has 1 amide bonds. The molecule has 0 unspecified atom stereocenters. The van der Waals surface area contributed by atoms with Crippen molar-refractivity contribution < 1.29 is 9.53 Å². The van der Waals surface area contributed by atoms with Crippen LogP contribution in [-0.4, -0.2) is 16.3 Å². The molecule has 0 spiro atoms. The number of nitriles is 1. The minimum atomic E-state index is -0.689. The molecule has 108 valence electrons. The molecule has 1 rings (SSSR count). The second-order valence-corrected chi connectivity index (χ2v) is 7.06. The summed E-state index contributed by atoms with van der Waals surface area (Å²) in [7, 11) is 0. The van der Waals surface area contributed by atoms with Gasteiger partial charge in [-0.15, -0.1) is 0 Å². The Labute approximate surface area is 128 Å². The summed E-state index contributed by atoms with van der Waals surface area (Å²) in [5.74, 6) is 0.427. The molecule has 0 aromatic heterocycles. The molecule has 0 radical (unpaired) electrons. The van der Waals surface area contributed by atoms with Crippen molar-refractivity contribution in [3.63, 3.8) is 0 Å². The molecule has 20 heavy (non-hydrogen) atoms. The minimum absolute atomic E-state index is 0.0865. The first kappa shape index (κ1) is 16.5. The van der Waals surface area contributed by atoms with Gasteiger partial charge in [0.05, 0.1) is 21.7 Å². The number of nitrogens with one attached hydrogen (secondary N) is 1. The lowest BCUT2D eigenvalue weighted by molar-refractivity contribution is -0.117. The number of carbonyl (C=O) groups is 1. The van der Waals surface area contributed by atoms with Crippen LogP contribution >= 0.6 is 15.9 Å². The van der Waals surface area contributed by atoms with Gasteiger partial charge in [-0.25, -0.2) is 0 Å². The minimum Gasteiger partial charge on any atom is -0.491 e. The number of halogens is 1. The third-order valence-corrected chi connectivity index (χ3v) is 3.17. The molecule has 0 bridgehead atoms. The fraction of sp³-hybridized carbons (Fsp3) is 0.467. The van der Waals surface area contributed by atoms with E-state index in [2.05, 4.69) is 27.3 Å². The van der Waals surface area contributed by atoms with E-state index in [-0.39, 0.29) is 12.0 Å². The summed E-state index contributed by atoms with van der Waals surface area (Å²) in [6.07, 6.45) is 0.974. The molecule has 0 aliphatic carbocycles. The standard InChI is InChI=1S/C15H19BrN2O2/c1-5-10(2)20-12-6-7-13(11(8-12)9-17)18-14(19)15(3,4)16/h6-8,10H,5H2,1-4H3,(H,18,19)/t10-/m1/s1. The number of anilines is 1. The van der Waals surface area contributed by atoms with E-state index in [0.29, 0.717) is 17.0 Å². The monoisotopic (exact) mass is 338 g/mol. The van der Waals surface area contributed by atoms with Crippen LogP contribution in [0.25, 0.3) is 0 Å². The first-order chi connectivity index (χ1) is 9.27. The zero-order valence-electron chi connectivity index (χ0n) is 12.2. The molecule has 0 aliphatic rings. The van der Waals surface area contributed by atoms with Crippen LogP contribution in [0.2, 0.25) is 0 Å². The van der Waals surface area contributed by atoms with Gasteiger partial charge in [0.15, 0.2) is 0 Å². The van der Waals surface area contributed by atoms with E-state index in [1.165, 1.54) is 0 Å². The molecule has 1 atom stereocenters. The number of nitrogens with zero attached hydrogens (tertiary/aromatic N) is 1. The van der Waals surface area contributed by atoms with E-state index in [4.69, 9.17) is 4.74 Å². The number of carbonyl (C=O) groups excluding carboxylic acids is 1. The van der Waals surface area contributed by atoms with Crippen LogP contribution in [-0.2, 0) is 4.79 Å². The first-order valence-corrected chi connectivity index (χ1v) is 7.28. The Morgan fingerprint density at radius 2 is 2.20 bits per heavy atom. The Kier molecular flexibility index (Phi) is 5.58. The van der Waals surface area contributed by atoms with Crippen LogP contribution in [0.3, 0.4) is 0 Å². The molecule has 0 saturated carbocycles. The number of amides is 1. The average Bonchev–Trinajstić information content (AvgIpc) is 2.39. The highest BCUT2D eigenvalue weighted by Gasteiger charge is 2.24. The van der Waals surface area contributed by atoms with Gasteiger partial charge in [-0.3, -0.25) is 4.79 Å². The van der Waals surface area contributed by atoms with E-state index < -0.39 is 4.32 Å². The highest BCUT2D eigenvalue weighted by molar-refractivity contribution is 9.10. The Morgan fingerprint density at radius 3 is 2.70 bits per heavy atom. The van der Waals surface area contributed by atoms with Crippen molar-refractivity contribution in [2.24, 2.45) is 0 Å². The second-order valence-electron chi connectivity index (χ2n) is 5.08. The van der Waals surface area contributed by atoms with Crippen molar-refractivity contribution in [1.29, 1.82) is 5.26 Å². The van der Waals surface area contributed by atoms with E-state index in [1.54, 1.807) is 32.0 Å². The highest BCUT2D eigenvalue weighted by Crippen LogP contribution is 2.25. The third-order valence-electron chi connectivity index (χ3n) is 2.81. The lowest BCUT2D eigenvalue weighted by Gasteiger charge is -2.17. The Hall–Kier alpha value is -1.54. The summed E-state index contributed by atoms with van der Waals surface area (Å²) in [5.41, 5.74) is 0.873. The second kappa shape index (κ2) is 6.76. The van der Waals surface area contributed by atoms with Crippen molar-refractivity contribution >= 4 is 27.5 Å². The van der Waals surface area contributed by atoms with Gasteiger partial charge in [0.1, 0.15) is 11.8 Å². The van der Waals surface area contributed by atoms with E-state index >= 15 is 0 Å². The van der Waals surface area contributed by atoms with Crippen LogP contribution in [0, 0.1) is 11.3 Å². The molecule has 0 saturated heterocycles. The fourth-order valence-corrected chi connectivity index (χ4v) is 1.48. The number of hydrogen-bond donors (Lipinski definition) is 1. The largest absolute Gasteiger partial charge is 0.491 e. The summed E-state index contributed by atoms with van der Waals surface area (Å²) >= 11 is 3.28. The van der Waals surface area contributed by atoms with Crippen LogP contribution in [0.1, 0.15) is 39.7 Å². The van der Waals surface area contributed by atoms with Crippen molar-refractivity contribution in [3.05, 3.63) is 23.8 Å². The van der Waals surface area contributed by atoms with Crippen molar-refractivity contribution in [1.82, 2.24) is 0 Å². The van der Waals surface area contributed by atoms with Crippen LogP contribution in [0.5, 0.6) is 5.75 Å². The number of alkyl halides is 1. The molecule has 1 N–H and O–H groups in total. The zero-order valence-corrected chi connectivity index (χ0v) is 13.7. The lowest BCUT2D eigenvalue weighted by Crippen LogP contribution is -2.31. The third kappa shape index (κ3) is 4.53. The van der Waals surface area contributed by atoms with Gasteiger partial charge in [-0.1, -0.05) is 22.9 Å². The fourth-order valence-electron chi connectivity index (χ4n) is 1.38. The molecule has 0 aliphatic heterocycles. The molecule has 1 aromatic rings. The average molecular weight is 339 g/mol. The summed E-state index contributed by atoms with van der Waals surface area (Å²) in [6.45, 7) is 7.49. The van der Waals surface area contributed by atoms with Crippen LogP contribution in [0.15, 0.2) is 18.2 Å². The molecule has 5 heteroatoms. The van der Waals surface area contributed by atoms with Gasteiger partial charge in [0.25, 0.3) is 0 Å². The quantitative estimate of drug-likeness (QED) is 0.829. The summed E-state index contributed by atoms with van der Waals surface area (Å²) in [4.78, 5) is 11.9. The van der Waals surface area contributed by atoms with Crippen molar-refractivity contribution in [3.8, 4) is 11.8 Å². The Morgan fingerprint density at radius 1 is 1.55 bits per heavy atom. The predicted molar refractivity (Wildman–Crippen MR) is 83.2 cm³/mol. The highest BCUT2D eigenvalue weighted by atomic mass is 79.9. The van der Waals surface area contributed by atoms with E-state index in [1.807, 2.05) is 13.8 Å². The molecule has 0 heterocycles. The smallest absolute Gasteiger partial charge is 0.240 e. The van der Waals surface area contributed by atoms with Crippen LogP contribution < -0.4 is 10.1 Å². The molecular weight excluding hydrogens is 320 g/mol. The van der Waals surface area contributed by atoms with Crippen molar-refractivity contribution in [2.45, 2.75) is 44.5 Å². The predicted octanol–water partition coefficient (Wildman–Crippen LogP) is 3.85. The number of benzene rings is 1.